The SMILES string of the molecule is COc1ccc(-c2noc(CN(C)Cc3nc4ccccc4c(=O)[nH]3)n2)cc1. The number of nitrogens with one attached hydrogen (secondary N) is 1. The third-order valence-electron chi connectivity index (χ3n) is 4.30. The summed E-state index contributed by atoms with van der Waals surface area (Å²) in [5.41, 5.74) is 1.38. The highest BCUT2D eigenvalue weighted by Gasteiger charge is 2.12. The second-order valence-electron chi connectivity index (χ2n) is 6.44. The van der Waals surface area contributed by atoms with Gasteiger partial charge >= 0.3 is 0 Å². The Morgan fingerprint density at radius 3 is 2.64 bits per heavy atom. The first kappa shape index (κ1) is 17.9. The fourth-order valence-corrected chi connectivity index (χ4v) is 2.93. The lowest BCUT2D eigenvalue weighted by Gasteiger charge is -2.13. The van der Waals surface area contributed by atoms with Crippen molar-refractivity contribution in [3.63, 3.8) is 0 Å². The molecule has 0 atom stereocenters. The topological polar surface area (TPSA) is 97.1 Å². The summed E-state index contributed by atoms with van der Waals surface area (Å²) in [5, 5.41) is 4.61. The molecule has 2 heterocycles. The summed E-state index contributed by atoms with van der Waals surface area (Å²) in [6.07, 6.45) is 0. The van der Waals surface area contributed by atoms with Gasteiger partial charge in [0.25, 0.3) is 5.56 Å². The molecule has 0 aliphatic heterocycles. The molecule has 0 spiro atoms. The second kappa shape index (κ2) is 7.61. The van der Waals surface area contributed by atoms with Gasteiger partial charge in [-0.3, -0.25) is 9.69 Å². The number of benzene rings is 2. The van der Waals surface area contributed by atoms with Crippen molar-refractivity contribution in [2.24, 2.45) is 0 Å². The number of H-pyrrole nitrogens is 1. The number of hydrogen-bond donors (Lipinski definition) is 1. The number of para-hydroxylation sites is 1. The molecule has 0 saturated heterocycles. The third-order valence-corrected chi connectivity index (χ3v) is 4.30. The van der Waals surface area contributed by atoms with Crippen LogP contribution in [0.2, 0.25) is 0 Å². The Kier molecular flexibility index (Phi) is 4.86. The van der Waals surface area contributed by atoms with Crippen molar-refractivity contribution in [2.45, 2.75) is 13.1 Å². The Bertz CT molecular complexity index is 1150. The van der Waals surface area contributed by atoms with Crippen molar-refractivity contribution in [1.29, 1.82) is 0 Å². The lowest BCUT2D eigenvalue weighted by molar-refractivity contribution is 0.256. The molecular formula is C20H19N5O3. The number of nitrogens with zero attached hydrogens (tertiary/aromatic N) is 4. The Balaban J connectivity index is 1.46. The maximum Gasteiger partial charge on any atom is 0.258 e. The third kappa shape index (κ3) is 3.77. The minimum Gasteiger partial charge on any atom is -0.497 e. The molecule has 4 aromatic rings. The fraction of sp³-hybridized carbons (Fsp3) is 0.200. The molecule has 2 aromatic heterocycles. The zero-order chi connectivity index (χ0) is 19.5. The summed E-state index contributed by atoms with van der Waals surface area (Å²) in [5.74, 6) is 2.35. The van der Waals surface area contributed by atoms with Gasteiger partial charge < -0.3 is 14.2 Å². The van der Waals surface area contributed by atoms with Gasteiger partial charge in [0.05, 0.1) is 31.1 Å². The second-order valence-corrected chi connectivity index (χ2v) is 6.44. The normalized spacial score (nSPS) is 11.2. The van der Waals surface area contributed by atoms with E-state index in [4.69, 9.17) is 9.26 Å². The molecule has 0 saturated carbocycles. The van der Waals surface area contributed by atoms with Crippen LogP contribution in [0, 0.1) is 0 Å². The van der Waals surface area contributed by atoms with E-state index in [0.717, 1.165) is 11.3 Å². The highest BCUT2D eigenvalue weighted by molar-refractivity contribution is 5.77. The standard InChI is InChI=1S/C20H19N5O3/c1-25(11-17-21-16-6-4-3-5-15(16)20(26)22-17)12-18-23-19(24-28-18)13-7-9-14(27-2)10-8-13/h3-10H,11-12H2,1-2H3,(H,21,22,26). The molecule has 0 bridgehead atoms. The monoisotopic (exact) mass is 377 g/mol. The summed E-state index contributed by atoms with van der Waals surface area (Å²) >= 11 is 0. The molecule has 142 valence electrons. The van der Waals surface area contributed by atoms with E-state index >= 15 is 0 Å². The molecule has 0 radical (unpaired) electrons. The van der Waals surface area contributed by atoms with Crippen LogP contribution in [-0.4, -0.2) is 39.2 Å². The molecule has 8 nitrogen and oxygen atoms in total. The molecule has 0 amide bonds. The van der Waals surface area contributed by atoms with Crippen molar-refractivity contribution in [2.75, 3.05) is 14.2 Å². The quantitative estimate of drug-likeness (QED) is 0.551. The van der Waals surface area contributed by atoms with E-state index in [-0.39, 0.29) is 5.56 Å². The number of aromatic nitrogens is 4. The molecule has 0 unspecified atom stereocenters. The highest BCUT2D eigenvalue weighted by atomic mass is 16.5. The molecule has 28 heavy (non-hydrogen) atoms. The number of rotatable bonds is 6. The van der Waals surface area contributed by atoms with Crippen LogP contribution in [0.3, 0.4) is 0 Å². The Morgan fingerprint density at radius 2 is 1.86 bits per heavy atom. The molecular weight excluding hydrogens is 358 g/mol. The van der Waals surface area contributed by atoms with Crippen LogP contribution in [0.5, 0.6) is 5.75 Å². The van der Waals surface area contributed by atoms with E-state index in [1.165, 1.54) is 0 Å². The summed E-state index contributed by atoms with van der Waals surface area (Å²) in [4.78, 5) is 25.9. The molecule has 4 rings (SSSR count). The molecule has 0 aliphatic rings. The summed E-state index contributed by atoms with van der Waals surface area (Å²) in [6.45, 7) is 0.875. The zero-order valence-corrected chi connectivity index (χ0v) is 15.5. The predicted octanol–water partition coefficient (Wildman–Crippen LogP) is 2.61. The van der Waals surface area contributed by atoms with Gasteiger partial charge in [0.15, 0.2) is 0 Å². The van der Waals surface area contributed by atoms with Gasteiger partial charge in [-0.05, 0) is 43.4 Å². The van der Waals surface area contributed by atoms with Crippen molar-refractivity contribution >= 4 is 10.9 Å². The number of ether oxygens (including phenoxy) is 1. The number of fused-ring (bicyclic) bond motifs is 1. The minimum atomic E-state index is -0.145. The van der Waals surface area contributed by atoms with Gasteiger partial charge in [0.2, 0.25) is 11.7 Å². The largest absolute Gasteiger partial charge is 0.497 e. The Hall–Kier alpha value is -3.52. The van der Waals surface area contributed by atoms with Crippen LogP contribution >= 0.6 is 0 Å². The van der Waals surface area contributed by atoms with Crippen LogP contribution in [0.25, 0.3) is 22.3 Å². The molecule has 0 aliphatic carbocycles. The maximum atomic E-state index is 12.2. The van der Waals surface area contributed by atoms with Crippen molar-refractivity contribution in [3.8, 4) is 17.1 Å². The van der Waals surface area contributed by atoms with E-state index in [1.807, 2.05) is 54.4 Å². The predicted molar refractivity (Wildman–Crippen MR) is 104 cm³/mol. The summed E-state index contributed by atoms with van der Waals surface area (Å²) < 4.78 is 10.5. The van der Waals surface area contributed by atoms with Crippen LogP contribution in [0.15, 0.2) is 57.8 Å². The first-order valence-electron chi connectivity index (χ1n) is 8.76. The van der Waals surface area contributed by atoms with E-state index in [1.54, 1.807) is 13.2 Å². The van der Waals surface area contributed by atoms with Crippen LogP contribution in [-0.2, 0) is 13.1 Å². The smallest absolute Gasteiger partial charge is 0.258 e. The highest BCUT2D eigenvalue weighted by Crippen LogP contribution is 2.20. The van der Waals surface area contributed by atoms with Crippen molar-refractivity contribution < 1.29 is 9.26 Å². The first-order chi connectivity index (χ1) is 13.6. The van der Waals surface area contributed by atoms with Crippen molar-refractivity contribution in [1.82, 2.24) is 25.0 Å². The van der Waals surface area contributed by atoms with Gasteiger partial charge in [-0.2, -0.15) is 4.98 Å². The lowest BCUT2D eigenvalue weighted by atomic mass is 10.2. The van der Waals surface area contributed by atoms with Gasteiger partial charge in [-0.25, -0.2) is 4.98 Å². The van der Waals surface area contributed by atoms with Crippen LogP contribution in [0.1, 0.15) is 11.7 Å². The molecule has 0 fully saturated rings. The fourth-order valence-electron chi connectivity index (χ4n) is 2.93. The van der Waals surface area contributed by atoms with E-state index < -0.39 is 0 Å². The number of hydrogen-bond acceptors (Lipinski definition) is 7. The van der Waals surface area contributed by atoms with Gasteiger partial charge in [0, 0.05) is 5.56 Å². The van der Waals surface area contributed by atoms with Gasteiger partial charge in [0.1, 0.15) is 11.6 Å². The molecule has 1 N–H and O–H groups in total. The van der Waals surface area contributed by atoms with Crippen molar-refractivity contribution in [3.05, 3.63) is 70.6 Å². The average molecular weight is 377 g/mol. The molecule has 2 aromatic carbocycles. The van der Waals surface area contributed by atoms with E-state index in [0.29, 0.717) is 41.5 Å². The zero-order valence-electron chi connectivity index (χ0n) is 15.5. The van der Waals surface area contributed by atoms with Gasteiger partial charge in [-0.15, -0.1) is 0 Å². The first-order valence-corrected chi connectivity index (χ1v) is 8.76. The average Bonchev–Trinajstić information content (AvgIpc) is 3.16. The van der Waals surface area contributed by atoms with Crippen LogP contribution in [0.4, 0.5) is 0 Å². The van der Waals surface area contributed by atoms with E-state index in [2.05, 4.69) is 20.1 Å². The number of methoxy groups -OCH3 is 1. The lowest BCUT2D eigenvalue weighted by Crippen LogP contribution is -2.22. The summed E-state index contributed by atoms with van der Waals surface area (Å²) in [7, 11) is 3.52. The van der Waals surface area contributed by atoms with Gasteiger partial charge in [-0.1, -0.05) is 17.3 Å². The Morgan fingerprint density at radius 1 is 1.07 bits per heavy atom. The molecule has 8 heteroatoms. The Labute approximate surface area is 160 Å². The number of aromatic amines is 1. The minimum absolute atomic E-state index is 0.145. The van der Waals surface area contributed by atoms with Crippen LogP contribution < -0.4 is 10.3 Å². The van der Waals surface area contributed by atoms with E-state index in [9.17, 15) is 4.79 Å². The summed E-state index contributed by atoms with van der Waals surface area (Å²) in [6, 6.07) is 14.7. The maximum absolute atomic E-state index is 12.2.